The third kappa shape index (κ3) is 6.14. The number of benzene rings is 2. The molecule has 0 saturated heterocycles. The van der Waals surface area contributed by atoms with E-state index in [0.29, 0.717) is 34.6 Å². The van der Waals surface area contributed by atoms with Crippen LogP contribution in [0.3, 0.4) is 0 Å². The van der Waals surface area contributed by atoms with E-state index in [2.05, 4.69) is 21.8 Å². The fraction of sp³-hybridized carbons (Fsp3) is 0.174. The zero-order chi connectivity index (χ0) is 24.9. The average Bonchev–Trinajstić information content (AvgIpc) is 2.78. The molecule has 11 heteroatoms. The van der Waals surface area contributed by atoms with Gasteiger partial charge in [-0.1, -0.05) is 11.8 Å². The van der Waals surface area contributed by atoms with Crippen molar-refractivity contribution in [1.82, 2.24) is 14.7 Å². The number of nitrogens with one attached hydrogen (secondary N) is 1. The third-order valence-corrected chi connectivity index (χ3v) is 5.17. The van der Waals surface area contributed by atoms with Gasteiger partial charge in [0, 0.05) is 29.3 Å². The zero-order valence-electron chi connectivity index (χ0n) is 18.7. The Morgan fingerprint density at radius 1 is 1.09 bits per heavy atom. The minimum Gasteiger partial charge on any atom is -0.493 e. The SMILES string of the molecule is COc1cc(Cc2cnc(N)nc2N)cc(C#Cc2ccc(C(=O)NS(C)(=O)=O)cc2)c1OC. The Morgan fingerprint density at radius 3 is 2.38 bits per heavy atom. The molecule has 1 amide bonds. The number of hydrogen-bond acceptors (Lipinski definition) is 9. The van der Waals surface area contributed by atoms with E-state index in [9.17, 15) is 13.2 Å². The molecule has 1 heterocycles. The maximum Gasteiger partial charge on any atom is 0.264 e. The quantitative estimate of drug-likeness (QED) is 0.441. The first-order valence-electron chi connectivity index (χ1n) is 9.85. The van der Waals surface area contributed by atoms with Gasteiger partial charge < -0.3 is 20.9 Å². The molecular formula is C23H23N5O5S. The maximum atomic E-state index is 12.0. The summed E-state index contributed by atoms with van der Waals surface area (Å²) in [5.74, 6) is 6.69. The minimum absolute atomic E-state index is 0.0972. The second-order valence-corrected chi connectivity index (χ2v) is 8.97. The van der Waals surface area contributed by atoms with Crippen LogP contribution in [0.2, 0.25) is 0 Å². The number of rotatable bonds is 6. The van der Waals surface area contributed by atoms with Crippen molar-refractivity contribution in [1.29, 1.82) is 0 Å². The molecular weight excluding hydrogens is 458 g/mol. The molecule has 0 aliphatic heterocycles. The molecule has 0 aliphatic rings. The van der Waals surface area contributed by atoms with E-state index in [1.807, 2.05) is 16.9 Å². The Hall–Kier alpha value is -4.30. The van der Waals surface area contributed by atoms with Gasteiger partial charge >= 0.3 is 0 Å². The average molecular weight is 482 g/mol. The van der Waals surface area contributed by atoms with Crippen LogP contribution in [0.1, 0.15) is 32.6 Å². The highest BCUT2D eigenvalue weighted by atomic mass is 32.2. The van der Waals surface area contributed by atoms with Gasteiger partial charge in [0.15, 0.2) is 11.5 Å². The summed E-state index contributed by atoms with van der Waals surface area (Å²) in [6.45, 7) is 0. The molecule has 34 heavy (non-hydrogen) atoms. The smallest absolute Gasteiger partial charge is 0.264 e. The number of amides is 1. The molecule has 0 fully saturated rings. The largest absolute Gasteiger partial charge is 0.493 e. The maximum absolute atomic E-state index is 12.0. The van der Waals surface area contributed by atoms with Crippen LogP contribution >= 0.6 is 0 Å². The van der Waals surface area contributed by atoms with Crippen molar-refractivity contribution >= 4 is 27.7 Å². The number of sulfonamides is 1. The predicted octanol–water partition coefficient (Wildman–Crippen LogP) is 1.34. The molecule has 0 spiro atoms. The standard InChI is InChI=1S/C23H23N5O5S/c1-32-19-12-15(11-18-13-26-23(25)27-21(18)24)10-17(20(19)33-2)9-6-14-4-7-16(8-5-14)22(29)28-34(3,30)31/h4-5,7-8,10,12-13H,11H2,1-3H3,(H,28,29)(H4,24,25,26,27). The molecule has 0 atom stereocenters. The van der Waals surface area contributed by atoms with Crippen LogP contribution in [0.5, 0.6) is 11.5 Å². The van der Waals surface area contributed by atoms with Gasteiger partial charge in [-0.3, -0.25) is 4.79 Å². The number of nitrogens with two attached hydrogens (primary N) is 2. The summed E-state index contributed by atoms with van der Waals surface area (Å²) in [6.07, 6.45) is 2.90. The van der Waals surface area contributed by atoms with Crippen molar-refractivity contribution in [2.45, 2.75) is 6.42 Å². The van der Waals surface area contributed by atoms with Crippen molar-refractivity contribution in [3.63, 3.8) is 0 Å². The van der Waals surface area contributed by atoms with Crippen LogP contribution in [-0.4, -0.2) is 44.8 Å². The summed E-state index contributed by atoms with van der Waals surface area (Å²) >= 11 is 0. The van der Waals surface area contributed by atoms with Crippen LogP contribution in [0.15, 0.2) is 42.6 Å². The van der Waals surface area contributed by atoms with Crippen LogP contribution in [-0.2, 0) is 16.4 Å². The number of nitrogens with zero attached hydrogens (tertiary/aromatic N) is 2. The Balaban J connectivity index is 1.92. The number of aromatic nitrogens is 2. The van der Waals surface area contributed by atoms with Crippen molar-refractivity contribution in [2.75, 3.05) is 31.9 Å². The second-order valence-electron chi connectivity index (χ2n) is 7.23. The third-order valence-electron chi connectivity index (χ3n) is 4.62. The molecule has 176 valence electrons. The van der Waals surface area contributed by atoms with Gasteiger partial charge in [0.25, 0.3) is 5.91 Å². The van der Waals surface area contributed by atoms with E-state index in [1.54, 1.807) is 18.3 Å². The van der Waals surface area contributed by atoms with Gasteiger partial charge in [-0.25, -0.2) is 18.1 Å². The summed E-state index contributed by atoms with van der Waals surface area (Å²) in [5.41, 5.74) is 14.4. The molecule has 1 aromatic heterocycles. The molecule has 0 saturated carbocycles. The molecule has 0 radical (unpaired) electrons. The summed E-state index contributed by atoms with van der Waals surface area (Å²) < 4.78 is 35.3. The first-order valence-corrected chi connectivity index (χ1v) is 11.7. The van der Waals surface area contributed by atoms with Gasteiger partial charge in [-0.05, 0) is 42.0 Å². The Labute approximate surface area is 197 Å². The highest BCUT2D eigenvalue weighted by Crippen LogP contribution is 2.33. The number of anilines is 2. The molecule has 2 aromatic carbocycles. The van der Waals surface area contributed by atoms with Gasteiger partial charge in [0.1, 0.15) is 5.82 Å². The van der Waals surface area contributed by atoms with Crippen molar-refractivity contribution in [3.05, 3.63) is 70.4 Å². The van der Waals surface area contributed by atoms with Crippen molar-refractivity contribution in [2.24, 2.45) is 0 Å². The molecule has 3 rings (SSSR count). The van der Waals surface area contributed by atoms with E-state index < -0.39 is 15.9 Å². The lowest BCUT2D eigenvalue weighted by molar-refractivity contribution is 0.0981. The number of ether oxygens (including phenoxy) is 2. The second kappa shape index (κ2) is 10.1. The predicted molar refractivity (Wildman–Crippen MR) is 128 cm³/mol. The highest BCUT2D eigenvalue weighted by Gasteiger charge is 2.14. The van der Waals surface area contributed by atoms with E-state index in [0.717, 1.165) is 11.8 Å². The molecule has 5 N–H and O–H groups in total. The van der Waals surface area contributed by atoms with Gasteiger partial charge in [-0.2, -0.15) is 4.98 Å². The van der Waals surface area contributed by atoms with Crippen molar-refractivity contribution in [3.8, 4) is 23.3 Å². The lowest BCUT2D eigenvalue weighted by Gasteiger charge is -2.13. The Bertz CT molecular complexity index is 1390. The summed E-state index contributed by atoms with van der Waals surface area (Å²) in [5, 5.41) is 0. The molecule has 3 aromatic rings. The molecule has 0 unspecified atom stereocenters. The molecule has 0 bridgehead atoms. The summed E-state index contributed by atoms with van der Waals surface area (Å²) in [7, 11) is -0.604. The minimum atomic E-state index is -3.65. The van der Waals surface area contributed by atoms with E-state index >= 15 is 0 Å². The van der Waals surface area contributed by atoms with Crippen LogP contribution < -0.4 is 25.7 Å². The lowest BCUT2D eigenvalue weighted by Crippen LogP contribution is -2.29. The molecule has 0 aliphatic carbocycles. The lowest BCUT2D eigenvalue weighted by atomic mass is 10.0. The summed E-state index contributed by atoms with van der Waals surface area (Å²) in [4.78, 5) is 19.9. The Morgan fingerprint density at radius 2 is 1.79 bits per heavy atom. The number of carbonyl (C=O) groups is 1. The van der Waals surface area contributed by atoms with Gasteiger partial charge in [-0.15, -0.1) is 0 Å². The first-order chi connectivity index (χ1) is 16.1. The number of nitrogen functional groups attached to an aromatic ring is 2. The fourth-order valence-electron chi connectivity index (χ4n) is 3.08. The van der Waals surface area contributed by atoms with Crippen molar-refractivity contribution < 1.29 is 22.7 Å². The van der Waals surface area contributed by atoms with Crippen LogP contribution in [0.25, 0.3) is 0 Å². The number of carbonyl (C=O) groups excluding carboxylic acids is 1. The first kappa shape index (κ1) is 24.3. The van der Waals surface area contributed by atoms with Crippen LogP contribution in [0.4, 0.5) is 11.8 Å². The highest BCUT2D eigenvalue weighted by molar-refractivity contribution is 7.89. The van der Waals surface area contributed by atoms with Gasteiger partial charge in [0.2, 0.25) is 16.0 Å². The van der Waals surface area contributed by atoms with E-state index in [4.69, 9.17) is 20.9 Å². The zero-order valence-corrected chi connectivity index (χ0v) is 19.6. The topological polar surface area (TPSA) is 160 Å². The summed E-state index contributed by atoms with van der Waals surface area (Å²) in [6, 6.07) is 9.87. The normalized spacial score (nSPS) is 10.7. The number of methoxy groups -OCH3 is 2. The monoisotopic (exact) mass is 481 g/mol. The van der Waals surface area contributed by atoms with Gasteiger partial charge in [0.05, 0.1) is 26.0 Å². The van der Waals surface area contributed by atoms with E-state index in [-0.39, 0.29) is 17.3 Å². The fourth-order valence-corrected chi connectivity index (χ4v) is 3.53. The molecule has 10 nitrogen and oxygen atoms in total. The number of hydrogen-bond donors (Lipinski definition) is 3. The van der Waals surface area contributed by atoms with E-state index in [1.165, 1.54) is 26.4 Å². The Kier molecular flexibility index (Phi) is 7.23. The van der Waals surface area contributed by atoms with Crippen LogP contribution in [0, 0.1) is 11.8 Å².